The zero-order chi connectivity index (χ0) is 17.7. The molecule has 0 saturated carbocycles. The minimum Gasteiger partial charge on any atom is -0.468 e. The normalized spacial score (nSPS) is 11.2. The maximum Gasteiger partial charge on any atom is 0.422 e. The molecule has 1 amide bonds. The van der Waals surface area contributed by atoms with Crippen LogP contribution in [0.2, 0.25) is 0 Å². The van der Waals surface area contributed by atoms with Gasteiger partial charge in [0.2, 0.25) is 5.88 Å². The highest BCUT2D eigenvalue weighted by Crippen LogP contribution is 2.18. The first-order valence-corrected chi connectivity index (χ1v) is 7.11. The number of rotatable bonds is 5. The molecule has 24 heavy (non-hydrogen) atoms. The number of hydrogen-bond acceptors (Lipinski definition) is 4. The third-order valence-electron chi connectivity index (χ3n) is 3.14. The minimum absolute atomic E-state index is 0.0786. The van der Waals surface area contributed by atoms with E-state index in [1.165, 1.54) is 12.3 Å². The van der Waals surface area contributed by atoms with Gasteiger partial charge in [0, 0.05) is 23.5 Å². The molecule has 0 radical (unpaired) electrons. The van der Waals surface area contributed by atoms with Crippen molar-refractivity contribution in [1.82, 2.24) is 15.3 Å². The Labute approximate surface area is 136 Å². The minimum atomic E-state index is -4.43. The summed E-state index contributed by atoms with van der Waals surface area (Å²) in [5.41, 5.74) is 2.33. The summed E-state index contributed by atoms with van der Waals surface area (Å²) in [6, 6.07) is 6.17. The largest absolute Gasteiger partial charge is 0.468 e. The van der Waals surface area contributed by atoms with Gasteiger partial charge in [-0.05, 0) is 31.5 Å². The molecule has 0 aliphatic heterocycles. The Morgan fingerprint density at radius 2 is 2.00 bits per heavy atom. The van der Waals surface area contributed by atoms with Gasteiger partial charge in [0.25, 0.3) is 5.91 Å². The SMILES string of the molecule is Cc1cc(C(=O)NCc2nc(OCC(F)(F)F)ccc2C)ccn1. The molecule has 0 bridgehead atoms. The zero-order valence-corrected chi connectivity index (χ0v) is 13.1. The van der Waals surface area contributed by atoms with Crippen LogP contribution in [0.25, 0.3) is 0 Å². The molecule has 1 N–H and O–H groups in total. The van der Waals surface area contributed by atoms with E-state index in [-0.39, 0.29) is 18.3 Å². The molecule has 0 atom stereocenters. The summed E-state index contributed by atoms with van der Waals surface area (Å²) in [6.45, 7) is 2.18. The van der Waals surface area contributed by atoms with Gasteiger partial charge >= 0.3 is 6.18 Å². The van der Waals surface area contributed by atoms with E-state index < -0.39 is 12.8 Å². The Morgan fingerprint density at radius 3 is 2.67 bits per heavy atom. The lowest BCUT2D eigenvalue weighted by Gasteiger charge is -2.12. The van der Waals surface area contributed by atoms with Crippen molar-refractivity contribution in [3.05, 3.63) is 53.0 Å². The number of amides is 1. The lowest BCUT2D eigenvalue weighted by atomic mass is 10.2. The van der Waals surface area contributed by atoms with Crippen molar-refractivity contribution in [2.75, 3.05) is 6.61 Å². The van der Waals surface area contributed by atoms with Gasteiger partial charge in [-0.1, -0.05) is 6.07 Å². The molecule has 0 aliphatic rings. The first-order chi connectivity index (χ1) is 11.2. The summed E-state index contributed by atoms with van der Waals surface area (Å²) in [5.74, 6) is -0.453. The molecule has 0 fully saturated rings. The number of aryl methyl sites for hydroxylation is 2. The Morgan fingerprint density at radius 1 is 1.25 bits per heavy atom. The predicted octanol–water partition coefficient (Wildman–Crippen LogP) is 2.96. The molecule has 2 heterocycles. The second kappa shape index (κ2) is 7.29. The Bertz CT molecular complexity index is 733. The highest BCUT2D eigenvalue weighted by molar-refractivity contribution is 5.94. The summed E-state index contributed by atoms with van der Waals surface area (Å²) >= 11 is 0. The number of alkyl halides is 3. The van der Waals surface area contributed by atoms with Gasteiger partial charge < -0.3 is 10.1 Å². The fourth-order valence-corrected chi connectivity index (χ4v) is 1.92. The van der Waals surface area contributed by atoms with Crippen molar-refractivity contribution in [3.63, 3.8) is 0 Å². The molecular weight excluding hydrogens is 323 g/mol. The summed E-state index contributed by atoms with van der Waals surface area (Å²) in [6.07, 6.45) is -2.90. The van der Waals surface area contributed by atoms with Crippen molar-refractivity contribution in [2.45, 2.75) is 26.6 Å². The summed E-state index contributed by atoms with van der Waals surface area (Å²) in [5, 5.41) is 2.68. The number of ether oxygens (including phenoxy) is 1. The number of aromatic nitrogens is 2. The lowest BCUT2D eigenvalue weighted by Crippen LogP contribution is -2.24. The van der Waals surface area contributed by atoms with Gasteiger partial charge in [-0.25, -0.2) is 4.98 Å². The van der Waals surface area contributed by atoms with Crippen LogP contribution in [0, 0.1) is 13.8 Å². The standard InChI is InChI=1S/C16H16F3N3O2/c1-10-3-4-14(24-9-16(17,18)19)22-13(10)8-21-15(23)12-5-6-20-11(2)7-12/h3-7H,8-9H2,1-2H3,(H,21,23). The number of halogens is 3. The van der Waals surface area contributed by atoms with Crippen LogP contribution >= 0.6 is 0 Å². The molecule has 0 aliphatic carbocycles. The molecule has 2 rings (SSSR count). The van der Waals surface area contributed by atoms with Crippen LogP contribution in [-0.4, -0.2) is 28.7 Å². The Kier molecular flexibility index (Phi) is 5.38. The first-order valence-electron chi connectivity index (χ1n) is 7.11. The number of carbonyl (C=O) groups is 1. The number of hydrogen-bond donors (Lipinski definition) is 1. The summed E-state index contributed by atoms with van der Waals surface area (Å²) in [4.78, 5) is 20.1. The number of carbonyl (C=O) groups excluding carboxylic acids is 1. The lowest BCUT2D eigenvalue weighted by molar-refractivity contribution is -0.154. The average Bonchev–Trinajstić information content (AvgIpc) is 2.51. The van der Waals surface area contributed by atoms with E-state index in [2.05, 4.69) is 20.0 Å². The topological polar surface area (TPSA) is 64.1 Å². The van der Waals surface area contributed by atoms with E-state index >= 15 is 0 Å². The van der Waals surface area contributed by atoms with Crippen LogP contribution in [0.15, 0.2) is 30.5 Å². The average molecular weight is 339 g/mol. The molecule has 0 spiro atoms. The van der Waals surface area contributed by atoms with Crippen molar-refractivity contribution in [1.29, 1.82) is 0 Å². The smallest absolute Gasteiger partial charge is 0.422 e. The molecule has 8 heteroatoms. The van der Waals surface area contributed by atoms with Crippen molar-refractivity contribution in [2.24, 2.45) is 0 Å². The molecule has 0 aromatic carbocycles. The maximum absolute atomic E-state index is 12.2. The van der Waals surface area contributed by atoms with Crippen LogP contribution in [0.3, 0.4) is 0 Å². The maximum atomic E-state index is 12.2. The van der Waals surface area contributed by atoms with Crippen LogP contribution in [0.1, 0.15) is 27.3 Å². The van der Waals surface area contributed by atoms with Crippen molar-refractivity contribution in [3.8, 4) is 5.88 Å². The van der Waals surface area contributed by atoms with Crippen molar-refractivity contribution < 1.29 is 22.7 Å². The molecule has 2 aromatic rings. The van der Waals surface area contributed by atoms with E-state index in [4.69, 9.17) is 0 Å². The van der Waals surface area contributed by atoms with Gasteiger partial charge in [-0.15, -0.1) is 0 Å². The van der Waals surface area contributed by atoms with Gasteiger partial charge in [-0.3, -0.25) is 9.78 Å². The quantitative estimate of drug-likeness (QED) is 0.910. The second-order valence-corrected chi connectivity index (χ2v) is 5.19. The molecule has 128 valence electrons. The molecule has 0 saturated heterocycles. The second-order valence-electron chi connectivity index (χ2n) is 5.19. The molecule has 2 aromatic heterocycles. The highest BCUT2D eigenvalue weighted by Gasteiger charge is 2.28. The number of nitrogens with one attached hydrogen (secondary N) is 1. The summed E-state index contributed by atoms with van der Waals surface area (Å²) in [7, 11) is 0. The van der Waals surface area contributed by atoms with Crippen LogP contribution in [-0.2, 0) is 6.54 Å². The zero-order valence-electron chi connectivity index (χ0n) is 13.1. The molecular formula is C16H16F3N3O2. The molecule has 0 unspecified atom stereocenters. The van der Waals surface area contributed by atoms with Crippen LogP contribution < -0.4 is 10.1 Å². The highest BCUT2D eigenvalue weighted by atomic mass is 19.4. The fraction of sp³-hybridized carbons (Fsp3) is 0.312. The Hall–Kier alpha value is -2.64. The van der Waals surface area contributed by atoms with Gasteiger partial charge in [0.1, 0.15) is 0 Å². The predicted molar refractivity (Wildman–Crippen MR) is 80.7 cm³/mol. The third kappa shape index (κ3) is 5.22. The van der Waals surface area contributed by atoms with E-state index in [0.29, 0.717) is 17.0 Å². The fourth-order valence-electron chi connectivity index (χ4n) is 1.92. The van der Waals surface area contributed by atoms with Gasteiger partial charge in [0.05, 0.1) is 12.2 Å². The van der Waals surface area contributed by atoms with Gasteiger partial charge in [-0.2, -0.15) is 13.2 Å². The summed E-state index contributed by atoms with van der Waals surface area (Å²) < 4.78 is 41.2. The molecule has 5 nitrogen and oxygen atoms in total. The van der Waals surface area contributed by atoms with E-state index in [9.17, 15) is 18.0 Å². The third-order valence-corrected chi connectivity index (χ3v) is 3.14. The van der Waals surface area contributed by atoms with E-state index in [0.717, 1.165) is 5.56 Å². The number of pyridine rings is 2. The van der Waals surface area contributed by atoms with E-state index in [1.807, 2.05) is 0 Å². The number of nitrogens with zero attached hydrogens (tertiary/aromatic N) is 2. The van der Waals surface area contributed by atoms with Crippen LogP contribution in [0.4, 0.5) is 13.2 Å². The van der Waals surface area contributed by atoms with E-state index in [1.54, 1.807) is 32.0 Å². The van der Waals surface area contributed by atoms with Gasteiger partial charge in [0.15, 0.2) is 6.61 Å². The monoisotopic (exact) mass is 339 g/mol. The Balaban J connectivity index is 2.02. The van der Waals surface area contributed by atoms with Crippen molar-refractivity contribution >= 4 is 5.91 Å². The first kappa shape index (κ1) is 17.7. The van der Waals surface area contributed by atoms with Crippen LogP contribution in [0.5, 0.6) is 5.88 Å².